The number of benzene rings is 1. The third-order valence-electron chi connectivity index (χ3n) is 2.37. The molecule has 0 heterocycles. The Morgan fingerprint density at radius 2 is 1.82 bits per heavy atom. The number of aromatic hydroxyl groups is 1. The normalized spacial score (nSPS) is 13.1. The fourth-order valence-electron chi connectivity index (χ4n) is 1.62. The van der Waals surface area contributed by atoms with Gasteiger partial charge in [-0.25, -0.2) is 0 Å². The average molecular weight is 366 g/mol. The van der Waals surface area contributed by atoms with Gasteiger partial charge < -0.3 is 15.3 Å². The third kappa shape index (κ3) is 4.95. The van der Waals surface area contributed by atoms with Crippen molar-refractivity contribution in [3.63, 3.8) is 0 Å². The number of phenols is 1. The first kappa shape index (κ1) is 15.0. The van der Waals surface area contributed by atoms with Crippen molar-refractivity contribution in [3.8, 4) is 5.75 Å². The summed E-state index contributed by atoms with van der Waals surface area (Å²) in [5, 5.41) is 13.0. The van der Waals surface area contributed by atoms with Crippen molar-refractivity contribution in [2.24, 2.45) is 0 Å². The van der Waals surface area contributed by atoms with E-state index in [4.69, 9.17) is 0 Å². The maximum absolute atomic E-state index is 9.61. The molecule has 0 bridgehead atoms. The number of rotatable bonds is 5. The monoisotopic (exact) mass is 364 g/mol. The lowest BCUT2D eigenvalue weighted by Crippen LogP contribution is -2.35. The van der Waals surface area contributed by atoms with Gasteiger partial charge in [-0.3, -0.25) is 0 Å². The third-order valence-corrected chi connectivity index (χ3v) is 3.58. The molecule has 0 saturated carbocycles. The van der Waals surface area contributed by atoms with Gasteiger partial charge in [0.25, 0.3) is 0 Å². The molecule has 0 radical (unpaired) electrons. The molecular formula is C12H18Br2N2O. The lowest BCUT2D eigenvalue weighted by molar-refractivity contribution is 0.349. The van der Waals surface area contributed by atoms with Crippen molar-refractivity contribution >= 4 is 31.9 Å². The van der Waals surface area contributed by atoms with Crippen molar-refractivity contribution in [2.75, 3.05) is 20.6 Å². The van der Waals surface area contributed by atoms with Crippen LogP contribution >= 0.6 is 31.9 Å². The molecule has 17 heavy (non-hydrogen) atoms. The van der Waals surface area contributed by atoms with E-state index in [9.17, 15) is 5.11 Å². The van der Waals surface area contributed by atoms with Crippen LogP contribution in [-0.2, 0) is 6.54 Å². The van der Waals surface area contributed by atoms with Gasteiger partial charge in [0.05, 0.1) is 8.95 Å². The van der Waals surface area contributed by atoms with Crippen LogP contribution in [0.25, 0.3) is 0 Å². The molecule has 0 aliphatic carbocycles. The molecule has 0 aromatic heterocycles. The summed E-state index contributed by atoms with van der Waals surface area (Å²) in [6.45, 7) is 3.94. The van der Waals surface area contributed by atoms with Crippen molar-refractivity contribution in [2.45, 2.75) is 19.5 Å². The van der Waals surface area contributed by atoms with Crippen LogP contribution in [0.5, 0.6) is 5.75 Å². The van der Waals surface area contributed by atoms with Crippen molar-refractivity contribution in [1.29, 1.82) is 0 Å². The fraction of sp³-hybridized carbons (Fsp3) is 0.500. The highest BCUT2D eigenvalue weighted by molar-refractivity contribution is 9.11. The fourth-order valence-corrected chi connectivity index (χ4v) is 2.91. The summed E-state index contributed by atoms with van der Waals surface area (Å²) in [4.78, 5) is 2.15. The highest BCUT2D eigenvalue weighted by Crippen LogP contribution is 2.33. The second-order valence-electron chi connectivity index (χ2n) is 4.45. The SMILES string of the molecule is CC(CN(C)C)NCc1cc(Br)c(O)c(Br)c1. The molecule has 1 aromatic rings. The number of halogens is 2. The quantitative estimate of drug-likeness (QED) is 0.841. The maximum atomic E-state index is 9.61. The minimum absolute atomic E-state index is 0.245. The van der Waals surface area contributed by atoms with Crippen LogP contribution in [-0.4, -0.2) is 36.7 Å². The zero-order valence-corrected chi connectivity index (χ0v) is 13.5. The summed E-state index contributed by atoms with van der Waals surface area (Å²) < 4.78 is 1.42. The molecule has 1 aromatic carbocycles. The van der Waals surface area contributed by atoms with Gasteiger partial charge >= 0.3 is 0 Å². The molecule has 1 unspecified atom stereocenters. The van der Waals surface area contributed by atoms with E-state index in [0.717, 1.165) is 18.7 Å². The van der Waals surface area contributed by atoms with Crippen LogP contribution in [0.4, 0.5) is 0 Å². The lowest BCUT2D eigenvalue weighted by atomic mass is 10.2. The Labute approximate surface area is 119 Å². The van der Waals surface area contributed by atoms with Gasteiger partial charge in [-0.1, -0.05) is 0 Å². The number of phenolic OH excluding ortho intramolecular Hbond substituents is 1. The number of hydrogen-bond acceptors (Lipinski definition) is 3. The maximum Gasteiger partial charge on any atom is 0.143 e. The van der Waals surface area contributed by atoms with E-state index in [1.807, 2.05) is 12.1 Å². The molecule has 0 saturated heterocycles. The van der Waals surface area contributed by atoms with Crippen molar-refractivity contribution in [3.05, 3.63) is 26.6 Å². The predicted octanol–water partition coefficient (Wildman–Crippen LogP) is 2.96. The molecule has 96 valence electrons. The molecule has 0 aliphatic heterocycles. The first-order valence-electron chi connectivity index (χ1n) is 5.45. The molecule has 5 heteroatoms. The van der Waals surface area contributed by atoms with Crippen LogP contribution in [0.2, 0.25) is 0 Å². The van der Waals surface area contributed by atoms with Gasteiger partial charge in [-0.2, -0.15) is 0 Å². The second kappa shape index (κ2) is 6.73. The number of nitrogens with zero attached hydrogens (tertiary/aromatic N) is 1. The van der Waals surface area contributed by atoms with Gasteiger partial charge in [0.15, 0.2) is 0 Å². The number of hydrogen-bond donors (Lipinski definition) is 2. The summed E-state index contributed by atoms with van der Waals surface area (Å²) in [5.41, 5.74) is 1.13. The first-order chi connectivity index (χ1) is 7.90. The van der Waals surface area contributed by atoms with E-state index in [-0.39, 0.29) is 5.75 Å². The van der Waals surface area contributed by atoms with Gasteiger partial charge in [0, 0.05) is 19.1 Å². The Bertz CT molecular complexity index is 360. The molecule has 0 amide bonds. The topological polar surface area (TPSA) is 35.5 Å². The van der Waals surface area contributed by atoms with Gasteiger partial charge in [0.1, 0.15) is 5.75 Å². The zero-order valence-electron chi connectivity index (χ0n) is 10.3. The minimum atomic E-state index is 0.245. The van der Waals surface area contributed by atoms with Gasteiger partial charge in [-0.15, -0.1) is 0 Å². The summed E-state index contributed by atoms with van der Waals surface area (Å²) >= 11 is 6.66. The van der Waals surface area contributed by atoms with Gasteiger partial charge in [-0.05, 0) is 70.6 Å². The van der Waals surface area contributed by atoms with E-state index in [0.29, 0.717) is 15.0 Å². The minimum Gasteiger partial charge on any atom is -0.506 e. The Morgan fingerprint density at radius 1 is 1.29 bits per heavy atom. The van der Waals surface area contributed by atoms with E-state index in [2.05, 4.69) is 63.1 Å². The van der Waals surface area contributed by atoms with Crippen LogP contribution < -0.4 is 5.32 Å². The van der Waals surface area contributed by atoms with E-state index in [1.165, 1.54) is 0 Å². The van der Waals surface area contributed by atoms with Crippen LogP contribution in [0, 0.1) is 0 Å². The summed E-state index contributed by atoms with van der Waals surface area (Å²) in [6, 6.07) is 4.28. The first-order valence-corrected chi connectivity index (χ1v) is 7.03. The van der Waals surface area contributed by atoms with E-state index >= 15 is 0 Å². The number of nitrogens with one attached hydrogen (secondary N) is 1. The molecule has 1 rings (SSSR count). The van der Waals surface area contributed by atoms with E-state index < -0.39 is 0 Å². The lowest BCUT2D eigenvalue weighted by Gasteiger charge is -2.18. The van der Waals surface area contributed by atoms with Gasteiger partial charge in [0.2, 0.25) is 0 Å². The molecule has 3 nitrogen and oxygen atoms in total. The van der Waals surface area contributed by atoms with Crippen LogP contribution in [0.3, 0.4) is 0 Å². The van der Waals surface area contributed by atoms with Crippen LogP contribution in [0.15, 0.2) is 21.1 Å². The largest absolute Gasteiger partial charge is 0.506 e. The molecule has 0 spiro atoms. The molecule has 0 fully saturated rings. The predicted molar refractivity (Wildman–Crippen MR) is 78.4 cm³/mol. The highest BCUT2D eigenvalue weighted by atomic mass is 79.9. The summed E-state index contributed by atoms with van der Waals surface area (Å²) in [7, 11) is 4.12. The molecule has 2 N–H and O–H groups in total. The molecule has 1 atom stereocenters. The average Bonchev–Trinajstić information content (AvgIpc) is 2.22. The standard InChI is InChI=1S/C12H18Br2N2O/c1-8(7-16(2)3)15-6-9-4-10(13)12(17)11(14)5-9/h4-5,8,15,17H,6-7H2,1-3H3. The summed E-state index contributed by atoms with van der Waals surface area (Å²) in [6.07, 6.45) is 0. The van der Waals surface area contributed by atoms with Crippen LogP contribution in [0.1, 0.15) is 12.5 Å². The Morgan fingerprint density at radius 3 is 2.29 bits per heavy atom. The summed E-state index contributed by atoms with van der Waals surface area (Å²) in [5.74, 6) is 0.245. The molecule has 0 aliphatic rings. The molecular weight excluding hydrogens is 348 g/mol. The zero-order chi connectivity index (χ0) is 13.0. The highest BCUT2D eigenvalue weighted by Gasteiger charge is 2.07. The van der Waals surface area contributed by atoms with Crippen molar-refractivity contribution < 1.29 is 5.11 Å². The Hall–Kier alpha value is -0.100. The smallest absolute Gasteiger partial charge is 0.143 e. The Balaban J connectivity index is 2.58. The Kier molecular flexibility index (Phi) is 5.92. The van der Waals surface area contributed by atoms with E-state index in [1.54, 1.807) is 0 Å². The number of likely N-dealkylation sites (N-methyl/N-ethyl adjacent to an activating group) is 1. The van der Waals surface area contributed by atoms with Crippen molar-refractivity contribution in [1.82, 2.24) is 10.2 Å². The second-order valence-corrected chi connectivity index (χ2v) is 6.16.